The molecule has 84 valence electrons. The van der Waals surface area contributed by atoms with Crippen molar-refractivity contribution in [1.29, 1.82) is 0 Å². The molecule has 0 saturated carbocycles. The number of hydrogen-bond donors (Lipinski definition) is 1. The SMILES string of the molecule is CCCNCc1cncc(OCCC)c1. The van der Waals surface area contributed by atoms with E-state index < -0.39 is 0 Å². The van der Waals surface area contributed by atoms with Crippen molar-refractivity contribution in [1.82, 2.24) is 10.3 Å². The van der Waals surface area contributed by atoms with Crippen molar-refractivity contribution in [2.24, 2.45) is 0 Å². The van der Waals surface area contributed by atoms with Gasteiger partial charge in [-0.3, -0.25) is 4.98 Å². The number of aromatic nitrogens is 1. The second kappa shape index (κ2) is 7.23. The van der Waals surface area contributed by atoms with Gasteiger partial charge < -0.3 is 10.1 Å². The van der Waals surface area contributed by atoms with Crippen LogP contribution in [0.4, 0.5) is 0 Å². The predicted octanol–water partition coefficient (Wildman–Crippen LogP) is 2.37. The van der Waals surface area contributed by atoms with Crippen LogP contribution in [-0.4, -0.2) is 18.1 Å². The molecular formula is C12H20N2O. The number of rotatable bonds is 7. The Morgan fingerprint density at radius 3 is 2.87 bits per heavy atom. The van der Waals surface area contributed by atoms with Crippen LogP contribution in [0, 0.1) is 0 Å². The lowest BCUT2D eigenvalue weighted by molar-refractivity contribution is 0.316. The number of pyridine rings is 1. The van der Waals surface area contributed by atoms with Gasteiger partial charge in [-0.1, -0.05) is 13.8 Å². The second-order valence-corrected chi connectivity index (χ2v) is 3.55. The molecule has 0 aromatic carbocycles. The van der Waals surface area contributed by atoms with Crippen LogP contribution in [0.2, 0.25) is 0 Å². The highest BCUT2D eigenvalue weighted by Gasteiger charge is 1.97. The summed E-state index contributed by atoms with van der Waals surface area (Å²) in [4.78, 5) is 4.15. The number of ether oxygens (including phenoxy) is 1. The molecule has 0 fully saturated rings. The van der Waals surface area contributed by atoms with Gasteiger partial charge in [-0.15, -0.1) is 0 Å². The highest BCUT2D eigenvalue weighted by molar-refractivity contribution is 5.23. The van der Waals surface area contributed by atoms with E-state index in [-0.39, 0.29) is 0 Å². The summed E-state index contributed by atoms with van der Waals surface area (Å²) in [6, 6.07) is 2.05. The van der Waals surface area contributed by atoms with Crippen LogP contribution in [0.3, 0.4) is 0 Å². The summed E-state index contributed by atoms with van der Waals surface area (Å²) in [5.74, 6) is 0.868. The van der Waals surface area contributed by atoms with E-state index in [0.29, 0.717) is 0 Å². The first-order chi connectivity index (χ1) is 7.36. The van der Waals surface area contributed by atoms with Gasteiger partial charge >= 0.3 is 0 Å². The fourth-order valence-corrected chi connectivity index (χ4v) is 1.27. The monoisotopic (exact) mass is 208 g/mol. The lowest BCUT2D eigenvalue weighted by Crippen LogP contribution is -2.13. The van der Waals surface area contributed by atoms with E-state index in [1.165, 1.54) is 5.56 Å². The van der Waals surface area contributed by atoms with Crippen molar-refractivity contribution in [3.05, 3.63) is 24.0 Å². The molecule has 0 atom stereocenters. The molecule has 0 bridgehead atoms. The maximum absolute atomic E-state index is 5.51. The van der Waals surface area contributed by atoms with Crippen LogP contribution in [0.25, 0.3) is 0 Å². The molecular weight excluding hydrogens is 188 g/mol. The Labute approximate surface area is 91.9 Å². The van der Waals surface area contributed by atoms with Gasteiger partial charge in [-0.25, -0.2) is 0 Å². The van der Waals surface area contributed by atoms with Gasteiger partial charge in [0.05, 0.1) is 12.8 Å². The normalized spacial score (nSPS) is 10.3. The van der Waals surface area contributed by atoms with E-state index in [4.69, 9.17) is 4.74 Å². The number of hydrogen-bond acceptors (Lipinski definition) is 3. The minimum atomic E-state index is 0.757. The van der Waals surface area contributed by atoms with Crippen molar-refractivity contribution in [3.63, 3.8) is 0 Å². The quantitative estimate of drug-likeness (QED) is 0.698. The lowest BCUT2D eigenvalue weighted by atomic mass is 10.2. The summed E-state index contributed by atoms with van der Waals surface area (Å²) in [6.07, 6.45) is 5.82. The van der Waals surface area contributed by atoms with Crippen molar-refractivity contribution in [2.75, 3.05) is 13.2 Å². The Hall–Kier alpha value is -1.09. The third-order valence-corrected chi connectivity index (χ3v) is 2.00. The standard InChI is InChI=1S/C12H20N2O/c1-3-5-13-8-11-7-12(10-14-9-11)15-6-4-2/h7,9-10,13H,3-6,8H2,1-2H3. The zero-order valence-electron chi connectivity index (χ0n) is 9.62. The van der Waals surface area contributed by atoms with E-state index in [2.05, 4.69) is 24.1 Å². The topological polar surface area (TPSA) is 34.2 Å². The van der Waals surface area contributed by atoms with Gasteiger partial charge in [0.1, 0.15) is 5.75 Å². The van der Waals surface area contributed by atoms with Crippen molar-refractivity contribution >= 4 is 0 Å². The molecule has 3 heteroatoms. The first kappa shape index (κ1) is 12.0. The molecule has 0 spiro atoms. The lowest BCUT2D eigenvalue weighted by Gasteiger charge is -2.06. The second-order valence-electron chi connectivity index (χ2n) is 3.55. The summed E-state index contributed by atoms with van der Waals surface area (Å²) in [6.45, 7) is 6.92. The van der Waals surface area contributed by atoms with Crippen LogP contribution in [0.1, 0.15) is 32.3 Å². The maximum Gasteiger partial charge on any atom is 0.137 e. The summed E-state index contributed by atoms with van der Waals surface area (Å²) >= 11 is 0. The third-order valence-electron chi connectivity index (χ3n) is 2.00. The van der Waals surface area contributed by atoms with Crippen molar-refractivity contribution in [3.8, 4) is 5.75 Å². The average Bonchev–Trinajstić information content (AvgIpc) is 2.27. The van der Waals surface area contributed by atoms with E-state index >= 15 is 0 Å². The summed E-state index contributed by atoms with van der Waals surface area (Å²) in [5.41, 5.74) is 1.18. The molecule has 0 aliphatic heterocycles. The van der Waals surface area contributed by atoms with Crippen molar-refractivity contribution in [2.45, 2.75) is 33.2 Å². The molecule has 0 aliphatic rings. The smallest absolute Gasteiger partial charge is 0.137 e. The van der Waals surface area contributed by atoms with Crippen LogP contribution >= 0.6 is 0 Å². The largest absolute Gasteiger partial charge is 0.492 e. The fraction of sp³-hybridized carbons (Fsp3) is 0.583. The van der Waals surface area contributed by atoms with Gasteiger partial charge in [0.15, 0.2) is 0 Å². The fourth-order valence-electron chi connectivity index (χ4n) is 1.27. The molecule has 3 nitrogen and oxygen atoms in total. The maximum atomic E-state index is 5.51. The van der Waals surface area contributed by atoms with Gasteiger partial charge in [-0.2, -0.15) is 0 Å². The van der Waals surface area contributed by atoms with Crippen molar-refractivity contribution < 1.29 is 4.74 Å². The molecule has 1 N–H and O–H groups in total. The minimum absolute atomic E-state index is 0.757. The molecule has 1 rings (SSSR count). The van der Waals surface area contributed by atoms with Gasteiger partial charge in [0.25, 0.3) is 0 Å². The third kappa shape index (κ3) is 4.79. The predicted molar refractivity (Wildman–Crippen MR) is 62.0 cm³/mol. The summed E-state index contributed by atoms with van der Waals surface area (Å²) < 4.78 is 5.51. The zero-order chi connectivity index (χ0) is 10.9. The van der Waals surface area contributed by atoms with E-state index in [1.54, 1.807) is 6.20 Å². The molecule has 0 radical (unpaired) electrons. The summed E-state index contributed by atoms with van der Waals surface area (Å²) in [7, 11) is 0. The van der Waals surface area contributed by atoms with Gasteiger partial charge in [0.2, 0.25) is 0 Å². The van der Waals surface area contributed by atoms with Crippen LogP contribution in [-0.2, 0) is 6.54 Å². The number of nitrogens with zero attached hydrogens (tertiary/aromatic N) is 1. The molecule has 0 amide bonds. The average molecular weight is 208 g/mol. The molecule has 1 aromatic rings. The molecule has 0 aliphatic carbocycles. The highest BCUT2D eigenvalue weighted by Crippen LogP contribution is 2.11. The van der Waals surface area contributed by atoms with Crippen LogP contribution in [0.15, 0.2) is 18.5 Å². The number of nitrogens with one attached hydrogen (secondary N) is 1. The van der Waals surface area contributed by atoms with Gasteiger partial charge in [-0.05, 0) is 31.0 Å². The van der Waals surface area contributed by atoms with E-state index in [0.717, 1.165) is 38.3 Å². The molecule has 0 saturated heterocycles. The molecule has 15 heavy (non-hydrogen) atoms. The Morgan fingerprint density at radius 2 is 2.13 bits per heavy atom. The first-order valence-electron chi connectivity index (χ1n) is 5.64. The Balaban J connectivity index is 2.42. The minimum Gasteiger partial charge on any atom is -0.492 e. The summed E-state index contributed by atoms with van der Waals surface area (Å²) in [5, 5.41) is 3.34. The van der Waals surface area contributed by atoms with E-state index in [1.807, 2.05) is 12.3 Å². The molecule has 1 aromatic heterocycles. The van der Waals surface area contributed by atoms with Gasteiger partial charge in [0, 0.05) is 12.7 Å². The zero-order valence-corrected chi connectivity index (χ0v) is 9.62. The highest BCUT2D eigenvalue weighted by atomic mass is 16.5. The van der Waals surface area contributed by atoms with Crippen LogP contribution in [0.5, 0.6) is 5.75 Å². The Bertz CT molecular complexity index is 276. The Morgan fingerprint density at radius 1 is 1.27 bits per heavy atom. The van der Waals surface area contributed by atoms with E-state index in [9.17, 15) is 0 Å². The molecule has 0 unspecified atom stereocenters. The first-order valence-corrected chi connectivity index (χ1v) is 5.64. The van der Waals surface area contributed by atoms with Crippen LogP contribution < -0.4 is 10.1 Å². The Kier molecular flexibility index (Phi) is 5.78. The molecule has 1 heterocycles.